The summed E-state index contributed by atoms with van der Waals surface area (Å²) in [5, 5.41) is 1.61. The normalized spacial score (nSPS) is 16.8. The van der Waals surface area contributed by atoms with Gasteiger partial charge in [-0.05, 0) is 37.1 Å². The number of nitrogens with one attached hydrogen (secondary N) is 1. The number of rotatable bonds is 9. The second-order valence-corrected chi connectivity index (χ2v) is 11.9. The van der Waals surface area contributed by atoms with Crippen LogP contribution in [0.15, 0.2) is 36.7 Å². The third-order valence-electron chi connectivity index (χ3n) is 8.51. The van der Waals surface area contributed by atoms with Gasteiger partial charge in [0.05, 0.1) is 49.0 Å². The molecule has 0 spiro atoms. The summed E-state index contributed by atoms with van der Waals surface area (Å²) in [5.74, 6) is -0.350. The van der Waals surface area contributed by atoms with Gasteiger partial charge in [-0.1, -0.05) is 6.42 Å². The number of anilines is 2. The van der Waals surface area contributed by atoms with Gasteiger partial charge >= 0.3 is 12.1 Å². The lowest BCUT2D eigenvalue weighted by molar-refractivity contribution is -0.188. The maximum atomic E-state index is 14.4. The Balaban J connectivity index is 1.34. The monoisotopic (exact) mass is 642 g/mol. The number of hydrogen-bond acceptors (Lipinski definition) is 10. The number of fused-ring (bicyclic) bond motifs is 1. The van der Waals surface area contributed by atoms with E-state index >= 15 is 0 Å². The summed E-state index contributed by atoms with van der Waals surface area (Å²) in [6.45, 7) is 4.81. The van der Waals surface area contributed by atoms with Crippen LogP contribution in [0.1, 0.15) is 31.7 Å². The van der Waals surface area contributed by atoms with E-state index in [2.05, 4.69) is 24.9 Å². The second-order valence-electron chi connectivity index (χ2n) is 11.9. The number of carbonyl (C=O) groups is 1. The van der Waals surface area contributed by atoms with Gasteiger partial charge < -0.3 is 24.4 Å². The highest BCUT2D eigenvalue weighted by atomic mass is 19.4. The molecular weight excluding hydrogens is 608 g/mol. The van der Waals surface area contributed by atoms with Gasteiger partial charge in [-0.25, -0.2) is 24.3 Å². The van der Waals surface area contributed by atoms with Crippen molar-refractivity contribution in [1.29, 1.82) is 0 Å². The van der Waals surface area contributed by atoms with Crippen LogP contribution in [0.2, 0.25) is 0 Å². The molecule has 1 aliphatic carbocycles. The molecule has 15 heteroatoms. The Hall–Kier alpha value is -4.37. The van der Waals surface area contributed by atoms with E-state index in [0.717, 1.165) is 31.4 Å². The molecule has 0 unspecified atom stereocenters. The third-order valence-corrected chi connectivity index (χ3v) is 8.51. The van der Waals surface area contributed by atoms with Crippen LogP contribution in [-0.4, -0.2) is 89.4 Å². The first kappa shape index (κ1) is 31.6. The molecular formula is C31H34F4N8O3. The van der Waals surface area contributed by atoms with Crippen molar-refractivity contribution in [2.24, 2.45) is 5.41 Å². The molecule has 2 fully saturated rings. The zero-order chi connectivity index (χ0) is 32.6. The van der Waals surface area contributed by atoms with Gasteiger partial charge in [0.1, 0.15) is 22.8 Å². The highest BCUT2D eigenvalue weighted by Crippen LogP contribution is 2.43. The summed E-state index contributed by atoms with van der Waals surface area (Å²) < 4.78 is 60.6. The van der Waals surface area contributed by atoms with Crippen molar-refractivity contribution in [2.75, 3.05) is 63.3 Å². The van der Waals surface area contributed by atoms with Gasteiger partial charge in [0.2, 0.25) is 0 Å². The Bertz CT molecular complexity index is 1720. The first-order chi connectivity index (χ1) is 21.9. The fourth-order valence-electron chi connectivity index (χ4n) is 6.16. The van der Waals surface area contributed by atoms with E-state index in [1.807, 2.05) is 16.8 Å². The number of H-pyrrole nitrogens is 1. The fourth-order valence-corrected chi connectivity index (χ4v) is 6.16. The second kappa shape index (κ2) is 12.4. The molecule has 46 heavy (non-hydrogen) atoms. The molecule has 1 aliphatic heterocycles. The minimum atomic E-state index is -4.72. The van der Waals surface area contributed by atoms with Crippen molar-refractivity contribution in [2.45, 2.75) is 32.4 Å². The Labute approximate surface area is 262 Å². The van der Waals surface area contributed by atoms with E-state index < -0.39 is 17.6 Å². The number of alkyl halides is 3. The van der Waals surface area contributed by atoms with Gasteiger partial charge in [-0.2, -0.15) is 13.2 Å². The van der Waals surface area contributed by atoms with E-state index in [4.69, 9.17) is 9.57 Å². The number of piperazine rings is 1. The molecule has 2 aliphatic rings. The predicted molar refractivity (Wildman–Crippen MR) is 162 cm³/mol. The number of aromatic nitrogens is 5. The SMILES string of the molecule is COCC1(CN(C)c2cc(-c3cc(F)cc(C(F)(F)F)c3)nc3nc(-c4cnc(N5CCN(OC(C)=O)CC5)cn4)[nH]c23)CCC1. The van der Waals surface area contributed by atoms with Crippen molar-refractivity contribution in [3.63, 3.8) is 0 Å². The zero-order valence-corrected chi connectivity index (χ0v) is 25.7. The zero-order valence-electron chi connectivity index (χ0n) is 25.7. The average molecular weight is 643 g/mol. The minimum absolute atomic E-state index is 0.0124. The maximum absolute atomic E-state index is 14.4. The lowest BCUT2D eigenvalue weighted by Crippen LogP contribution is -2.47. The number of methoxy groups -OCH3 is 1. The maximum Gasteiger partial charge on any atom is 0.416 e. The molecule has 6 rings (SSSR count). The molecule has 4 heterocycles. The number of ether oxygens (including phenoxy) is 1. The Morgan fingerprint density at radius 1 is 1.04 bits per heavy atom. The Morgan fingerprint density at radius 3 is 2.41 bits per heavy atom. The summed E-state index contributed by atoms with van der Waals surface area (Å²) in [6, 6.07) is 4.05. The molecule has 1 aromatic carbocycles. The number of imidazole rings is 1. The molecule has 1 N–H and O–H groups in total. The summed E-state index contributed by atoms with van der Waals surface area (Å²) in [5.41, 5.74) is 0.878. The number of pyridine rings is 1. The average Bonchev–Trinajstić information content (AvgIpc) is 3.43. The van der Waals surface area contributed by atoms with Crippen LogP contribution in [0.3, 0.4) is 0 Å². The Kier molecular flexibility index (Phi) is 8.55. The van der Waals surface area contributed by atoms with Gasteiger partial charge in [0.15, 0.2) is 11.5 Å². The number of hydrogen-bond donors (Lipinski definition) is 1. The number of carbonyl (C=O) groups excluding carboxylic acids is 1. The standard InChI is InChI=1S/C31H34F4N8O3/c1-19(44)46-43-9-7-42(8-10-43)26-16-36-24(15-37-26)28-39-27-25(41(2)17-30(18-45-3)5-4-6-30)14-23(38-29(27)40-28)20-11-21(31(33,34)35)13-22(32)12-20/h11-16H,4-10,17-18H2,1-3H3,(H,38,39,40). The van der Waals surface area contributed by atoms with Gasteiger partial charge in [0, 0.05) is 51.7 Å². The number of hydroxylamine groups is 2. The first-order valence-corrected chi connectivity index (χ1v) is 14.9. The van der Waals surface area contributed by atoms with Crippen molar-refractivity contribution in [3.8, 4) is 22.8 Å². The smallest absolute Gasteiger partial charge is 0.384 e. The summed E-state index contributed by atoms with van der Waals surface area (Å²) >= 11 is 0. The highest BCUT2D eigenvalue weighted by Gasteiger charge is 2.38. The van der Waals surface area contributed by atoms with Crippen LogP contribution < -0.4 is 9.80 Å². The topological polar surface area (TPSA) is 113 Å². The van der Waals surface area contributed by atoms with Gasteiger partial charge in [0.25, 0.3) is 0 Å². The van der Waals surface area contributed by atoms with Crippen LogP contribution in [0.25, 0.3) is 33.9 Å². The molecule has 0 atom stereocenters. The molecule has 3 aromatic heterocycles. The number of aromatic amines is 1. The van der Waals surface area contributed by atoms with Gasteiger partial charge in [-0.3, -0.25) is 4.79 Å². The Morgan fingerprint density at radius 2 is 1.80 bits per heavy atom. The van der Waals surface area contributed by atoms with Crippen LogP contribution in [0.4, 0.5) is 29.1 Å². The lowest BCUT2D eigenvalue weighted by atomic mass is 9.69. The molecule has 0 radical (unpaired) electrons. The van der Waals surface area contributed by atoms with Crippen LogP contribution in [0, 0.1) is 11.2 Å². The van der Waals surface area contributed by atoms with Crippen LogP contribution in [0.5, 0.6) is 0 Å². The number of nitrogens with zero attached hydrogens (tertiary/aromatic N) is 7. The van der Waals surface area contributed by atoms with E-state index in [1.165, 1.54) is 6.92 Å². The third kappa shape index (κ3) is 6.60. The first-order valence-electron chi connectivity index (χ1n) is 14.9. The lowest BCUT2D eigenvalue weighted by Gasteiger charge is -2.44. The molecule has 1 saturated carbocycles. The van der Waals surface area contributed by atoms with E-state index in [-0.39, 0.29) is 28.3 Å². The van der Waals surface area contributed by atoms with Crippen LogP contribution >= 0.6 is 0 Å². The van der Waals surface area contributed by atoms with E-state index in [9.17, 15) is 22.4 Å². The van der Waals surface area contributed by atoms with Crippen molar-refractivity contribution < 1.29 is 31.9 Å². The molecule has 0 amide bonds. The van der Waals surface area contributed by atoms with E-state index in [0.29, 0.717) is 73.9 Å². The molecule has 244 valence electrons. The molecule has 1 saturated heterocycles. The quantitative estimate of drug-likeness (QED) is 0.248. The number of benzene rings is 1. The summed E-state index contributed by atoms with van der Waals surface area (Å²) in [6.07, 6.45) is 1.55. The highest BCUT2D eigenvalue weighted by molar-refractivity contribution is 5.91. The van der Waals surface area contributed by atoms with Crippen molar-refractivity contribution in [1.82, 2.24) is 30.0 Å². The predicted octanol–water partition coefficient (Wildman–Crippen LogP) is 5.09. The summed E-state index contributed by atoms with van der Waals surface area (Å²) in [4.78, 5) is 42.1. The minimum Gasteiger partial charge on any atom is -0.384 e. The molecule has 4 aromatic rings. The van der Waals surface area contributed by atoms with Crippen LogP contribution in [-0.2, 0) is 20.5 Å². The largest absolute Gasteiger partial charge is 0.416 e. The van der Waals surface area contributed by atoms with Crippen molar-refractivity contribution >= 4 is 28.6 Å². The summed E-state index contributed by atoms with van der Waals surface area (Å²) in [7, 11) is 3.57. The number of halogens is 4. The fraction of sp³-hybridized carbons (Fsp3) is 0.452. The molecule has 0 bridgehead atoms. The molecule has 11 nitrogen and oxygen atoms in total. The van der Waals surface area contributed by atoms with E-state index in [1.54, 1.807) is 30.6 Å². The van der Waals surface area contributed by atoms with Crippen molar-refractivity contribution in [3.05, 3.63) is 48.0 Å². The van der Waals surface area contributed by atoms with Gasteiger partial charge in [-0.15, -0.1) is 5.06 Å².